The average molecular weight is 432 g/mol. The second kappa shape index (κ2) is 10.4. The summed E-state index contributed by atoms with van der Waals surface area (Å²) in [5.74, 6) is 0.572. The van der Waals surface area contributed by atoms with Crippen LogP contribution >= 0.6 is 12.4 Å². The van der Waals surface area contributed by atoms with E-state index in [0.29, 0.717) is 18.0 Å². The van der Waals surface area contributed by atoms with E-state index in [1.165, 1.54) is 13.2 Å². The molecule has 1 unspecified atom stereocenters. The maximum absolute atomic E-state index is 12.8. The van der Waals surface area contributed by atoms with E-state index in [1.54, 1.807) is 12.1 Å². The van der Waals surface area contributed by atoms with Gasteiger partial charge in [-0.15, -0.1) is 12.4 Å². The zero-order valence-corrected chi connectivity index (χ0v) is 17.8. The number of benzene rings is 1. The lowest BCUT2D eigenvalue weighted by molar-refractivity contribution is 0.0951. The molecular formula is C19H30ClN3O4S. The molecule has 1 saturated heterocycles. The Morgan fingerprint density at radius 1 is 1.25 bits per heavy atom. The summed E-state index contributed by atoms with van der Waals surface area (Å²) in [4.78, 5) is 12.5. The summed E-state index contributed by atoms with van der Waals surface area (Å²) in [6.45, 7) is 2.61. The summed E-state index contributed by atoms with van der Waals surface area (Å²) >= 11 is 0. The molecule has 1 aliphatic heterocycles. The number of halogens is 1. The monoisotopic (exact) mass is 431 g/mol. The first-order valence-electron chi connectivity index (χ1n) is 9.69. The summed E-state index contributed by atoms with van der Waals surface area (Å²) in [6, 6.07) is 4.50. The Hall–Kier alpha value is -1.35. The Kier molecular flexibility index (Phi) is 8.55. The van der Waals surface area contributed by atoms with E-state index in [9.17, 15) is 13.2 Å². The quantitative estimate of drug-likeness (QED) is 0.585. The highest BCUT2D eigenvalue weighted by molar-refractivity contribution is 7.89. The van der Waals surface area contributed by atoms with E-state index in [4.69, 9.17) is 4.74 Å². The molecule has 1 saturated carbocycles. The first-order chi connectivity index (χ1) is 13.0. The van der Waals surface area contributed by atoms with Crippen LogP contribution < -0.4 is 20.1 Å². The number of nitrogens with one attached hydrogen (secondary N) is 3. The van der Waals surface area contributed by atoms with Crippen LogP contribution in [0.25, 0.3) is 0 Å². The molecule has 0 spiro atoms. The number of hydrogen-bond acceptors (Lipinski definition) is 5. The Bertz CT molecular complexity index is 760. The van der Waals surface area contributed by atoms with E-state index in [2.05, 4.69) is 15.4 Å². The predicted molar refractivity (Wildman–Crippen MR) is 111 cm³/mol. The summed E-state index contributed by atoms with van der Waals surface area (Å²) < 4.78 is 33.6. The van der Waals surface area contributed by atoms with Gasteiger partial charge in [-0.1, -0.05) is 12.8 Å². The summed E-state index contributed by atoms with van der Waals surface area (Å²) in [7, 11) is -2.31. The second-order valence-corrected chi connectivity index (χ2v) is 9.05. The van der Waals surface area contributed by atoms with Gasteiger partial charge in [-0.2, -0.15) is 0 Å². The van der Waals surface area contributed by atoms with Crippen LogP contribution in [-0.4, -0.2) is 47.1 Å². The fraction of sp³-hybridized carbons (Fsp3) is 0.632. The molecule has 1 atom stereocenters. The lowest BCUT2D eigenvalue weighted by Gasteiger charge is -2.16. The molecule has 1 aromatic carbocycles. The molecule has 158 valence electrons. The van der Waals surface area contributed by atoms with Crippen LogP contribution in [0, 0.1) is 5.92 Å². The first kappa shape index (κ1) is 22.9. The first-order valence-corrected chi connectivity index (χ1v) is 11.2. The molecule has 9 heteroatoms. The summed E-state index contributed by atoms with van der Waals surface area (Å²) in [5, 5.41) is 6.20. The number of amides is 1. The van der Waals surface area contributed by atoms with Crippen LogP contribution in [0.4, 0.5) is 0 Å². The molecule has 1 aromatic rings. The third-order valence-electron chi connectivity index (χ3n) is 5.39. The SMILES string of the molecule is COc1ccc(C(=O)NCCC2CCNC2)cc1S(=O)(=O)NC1CCCC1.Cl. The Morgan fingerprint density at radius 3 is 2.64 bits per heavy atom. The maximum Gasteiger partial charge on any atom is 0.251 e. The van der Waals surface area contributed by atoms with Crippen molar-refractivity contribution in [3.8, 4) is 5.75 Å². The standard InChI is InChI=1S/C19H29N3O4S.ClH/c1-26-17-7-6-15(19(23)21-11-9-14-8-10-20-13-14)12-18(17)27(24,25)22-16-4-2-3-5-16;/h6-7,12,14,16,20,22H,2-5,8-11,13H2,1H3,(H,21,23);1H. The van der Waals surface area contributed by atoms with Gasteiger partial charge in [-0.25, -0.2) is 13.1 Å². The van der Waals surface area contributed by atoms with Crippen LogP contribution in [-0.2, 0) is 10.0 Å². The van der Waals surface area contributed by atoms with Crippen molar-refractivity contribution in [2.45, 2.75) is 49.5 Å². The van der Waals surface area contributed by atoms with Crippen molar-refractivity contribution in [2.24, 2.45) is 5.92 Å². The Balaban J connectivity index is 0.00000280. The second-order valence-electron chi connectivity index (χ2n) is 7.37. The van der Waals surface area contributed by atoms with Gasteiger partial charge in [-0.05, 0) is 62.9 Å². The van der Waals surface area contributed by atoms with E-state index in [1.807, 2.05) is 0 Å². The minimum atomic E-state index is -3.74. The van der Waals surface area contributed by atoms with Crippen molar-refractivity contribution >= 4 is 28.3 Å². The van der Waals surface area contributed by atoms with Crippen molar-refractivity contribution in [3.63, 3.8) is 0 Å². The fourth-order valence-corrected chi connectivity index (χ4v) is 5.31. The number of ether oxygens (including phenoxy) is 1. The molecule has 0 aromatic heterocycles. The van der Waals surface area contributed by atoms with E-state index >= 15 is 0 Å². The average Bonchev–Trinajstić information content (AvgIpc) is 3.35. The number of sulfonamides is 1. The van der Waals surface area contributed by atoms with E-state index < -0.39 is 10.0 Å². The van der Waals surface area contributed by atoms with Crippen molar-refractivity contribution in [3.05, 3.63) is 23.8 Å². The molecule has 7 nitrogen and oxygen atoms in total. The maximum atomic E-state index is 12.8. The largest absolute Gasteiger partial charge is 0.495 e. The predicted octanol–water partition coefficient (Wildman–Crippen LogP) is 2.07. The van der Waals surface area contributed by atoms with Gasteiger partial charge >= 0.3 is 0 Å². The minimum Gasteiger partial charge on any atom is -0.495 e. The van der Waals surface area contributed by atoms with Crippen molar-refractivity contribution in [1.29, 1.82) is 0 Å². The van der Waals surface area contributed by atoms with Crippen molar-refractivity contribution < 1.29 is 17.9 Å². The van der Waals surface area contributed by atoms with Crippen LogP contribution in [0.15, 0.2) is 23.1 Å². The summed E-state index contributed by atoms with van der Waals surface area (Å²) in [6.07, 6.45) is 5.80. The molecule has 3 rings (SSSR count). The van der Waals surface area contributed by atoms with Gasteiger partial charge in [0.25, 0.3) is 5.91 Å². The highest BCUT2D eigenvalue weighted by atomic mass is 35.5. The van der Waals surface area contributed by atoms with E-state index in [-0.39, 0.29) is 35.0 Å². The number of methoxy groups -OCH3 is 1. The van der Waals surface area contributed by atoms with E-state index in [0.717, 1.165) is 51.6 Å². The molecule has 1 heterocycles. The third kappa shape index (κ3) is 5.83. The lowest BCUT2D eigenvalue weighted by atomic mass is 10.1. The van der Waals surface area contributed by atoms with Crippen molar-refractivity contribution in [1.82, 2.24) is 15.4 Å². The molecule has 1 amide bonds. The van der Waals surface area contributed by atoms with Gasteiger partial charge < -0.3 is 15.4 Å². The number of hydrogen-bond donors (Lipinski definition) is 3. The zero-order valence-electron chi connectivity index (χ0n) is 16.2. The van der Waals surface area contributed by atoms with Gasteiger partial charge in [0.05, 0.1) is 7.11 Å². The third-order valence-corrected chi connectivity index (χ3v) is 6.93. The molecule has 2 aliphatic rings. The minimum absolute atomic E-state index is 0. The lowest BCUT2D eigenvalue weighted by Crippen LogP contribution is -2.33. The smallest absolute Gasteiger partial charge is 0.251 e. The highest BCUT2D eigenvalue weighted by Crippen LogP contribution is 2.27. The van der Waals surface area contributed by atoms with Crippen LogP contribution in [0.2, 0.25) is 0 Å². The molecule has 0 radical (unpaired) electrons. The van der Waals surface area contributed by atoms with Crippen LogP contribution in [0.5, 0.6) is 5.75 Å². The fourth-order valence-electron chi connectivity index (χ4n) is 3.81. The van der Waals surface area contributed by atoms with Gasteiger partial charge in [-0.3, -0.25) is 4.79 Å². The number of carbonyl (C=O) groups is 1. The number of carbonyl (C=O) groups excluding carboxylic acids is 1. The van der Waals surface area contributed by atoms with Crippen molar-refractivity contribution in [2.75, 3.05) is 26.7 Å². The van der Waals surface area contributed by atoms with Gasteiger partial charge in [0, 0.05) is 18.2 Å². The molecule has 1 aliphatic carbocycles. The Labute approximate surface area is 173 Å². The molecule has 28 heavy (non-hydrogen) atoms. The van der Waals surface area contributed by atoms with Crippen LogP contribution in [0.3, 0.4) is 0 Å². The number of rotatable bonds is 8. The van der Waals surface area contributed by atoms with Crippen LogP contribution in [0.1, 0.15) is 48.9 Å². The normalized spacial score (nSPS) is 20.0. The molecule has 3 N–H and O–H groups in total. The van der Waals surface area contributed by atoms with Gasteiger partial charge in [0.15, 0.2) is 0 Å². The zero-order chi connectivity index (χ0) is 19.3. The topological polar surface area (TPSA) is 96.5 Å². The molecular weight excluding hydrogens is 402 g/mol. The molecule has 0 bridgehead atoms. The molecule has 2 fully saturated rings. The summed E-state index contributed by atoms with van der Waals surface area (Å²) in [5.41, 5.74) is 0.326. The van der Waals surface area contributed by atoms with Gasteiger partial charge in [0.2, 0.25) is 10.0 Å². The highest BCUT2D eigenvalue weighted by Gasteiger charge is 2.26. The van der Waals surface area contributed by atoms with Gasteiger partial charge in [0.1, 0.15) is 10.6 Å². The Morgan fingerprint density at radius 2 is 2.00 bits per heavy atom.